The van der Waals surface area contributed by atoms with E-state index in [4.69, 9.17) is 13.1 Å². The molecule has 5 N–H and O–H groups in total. The number of hydrogen-bond acceptors (Lipinski definition) is 13. The second-order valence-corrected chi connectivity index (χ2v) is 18.4. The number of aliphatic hydroxyl groups is 2. The van der Waals surface area contributed by atoms with Crippen LogP contribution in [0.5, 0.6) is 0 Å². The molecule has 1 heterocycles. The molecule has 0 aromatic heterocycles. The second-order valence-electron chi connectivity index (χ2n) is 15.3. The van der Waals surface area contributed by atoms with E-state index < -0.39 is 97.0 Å². The Bertz CT molecular complexity index is 1720. The number of aliphatic hydroxyl groups excluding tert-OH is 2. The van der Waals surface area contributed by atoms with Crippen LogP contribution in [0.3, 0.4) is 0 Å². The van der Waals surface area contributed by atoms with Crippen molar-refractivity contribution >= 4 is 37.2 Å². The van der Waals surface area contributed by atoms with Crippen LogP contribution in [-0.2, 0) is 53.3 Å². The van der Waals surface area contributed by atoms with Crippen molar-refractivity contribution in [1.29, 1.82) is 0 Å². The van der Waals surface area contributed by atoms with Crippen LogP contribution in [0, 0.1) is 45.8 Å². The molecule has 4 aliphatic carbocycles. The topological polar surface area (TPSA) is 258 Å². The molecule has 13 unspecified atom stereocenters. The molecule has 3 saturated carbocycles. The van der Waals surface area contributed by atoms with E-state index >= 15 is 0 Å². The Morgan fingerprint density at radius 1 is 0.898 bits per heavy atom. The van der Waals surface area contributed by atoms with Crippen LogP contribution in [0.2, 0.25) is 0 Å². The lowest BCUT2D eigenvalue weighted by Gasteiger charge is -2.63. The Morgan fingerprint density at radius 3 is 2.04 bits per heavy atom. The summed E-state index contributed by atoms with van der Waals surface area (Å²) in [4.78, 5) is 12.1. The molecule has 5 aliphatic rings. The van der Waals surface area contributed by atoms with E-state index in [-0.39, 0.29) is 29.6 Å². The van der Waals surface area contributed by atoms with E-state index in [2.05, 4.69) is 25.0 Å². The van der Waals surface area contributed by atoms with E-state index in [0.717, 1.165) is 18.4 Å². The maximum absolute atomic E-state index is 12.2. The van der Waals surface area contributed by atoms with Gasteiger partial charge in [0.25, 0.3) is 0 Å². The quantitative estimate of drug-likeness (QED) is 0.115. The summed E-state index contributed by atoms with van der Waals surface area (Å²) >= 11 is 0. The van der Waals surface area contributed by atoms with Gasteiger partial charge in [0, 0.05) is 11.5 Å². The third-order valence-corrected chi connectivity index (χ3v) is 14.2. The standard InChI is InChI=1S/C30H46O16S3/c1-15(17-12-23(31)43-27(17)33)6-7-16(2)18-8-10-30(5)20-13-21(44-47(34,35)36)24-25(32)26(46-49(40,41)42)22(45-48(37,38)39)14-28(24,3)19(20)9-11-29(18,30)4/h9,12,15-16,18,20-26,31-32H,6-8,10-11,13-14H2,1-5H3,(H,34,35,36)(H,37,38,39)(H,40,41,42). The molecule has 0 spiro atoms. The molecular formula is C30H46O16S3. The SMILES string of the molecule is CC(CCC(C)C1CCC2(C)C3CC(OS(=O)(=O)O)C4C(O)C(OS(=O)(=O)O)C(OS(=O)(=O)O)CC4(C)C3=CCC12C)C1=CC(O)OC1=O. The predicted molar refractivity (Wildman–Crippen MR) is 169 cm³/mol. The van der Waals surface area contributed by atoms with Crippen LogP contribution in [0.15, 0.2) is 23.3 Å². The molecular weight excluding hydrogens is 713 g/mol. The van der Waals surface area contributed by atoms with Gasteiger partial charge in [0.05, 0.1) is 12.2 Å². The molecule has 0 aromatic rings. The zero-order chi connectivity index (χ0) is 36.7. The van der Waals surface area contributed by atoms with Crippen LogP contribution in [0.25, 0.3) is 0 Å². The number of carbonyl (C=O) groups excluding carboxylic acids is 1. The summed E-state index contributed by atoms with van der Waals surface area (Å²) < 4.78 is 120. The predicted octanol–water partition coefficient (Wildman–Crippen LogP) is 2.56. The number of ether oxygens (including phenoxy) is 1. The molecule has 19 heteroatoms. The van der Waals surface area contributed by atoms with Gasteiger partial charge < -0.3 is 14.9 Å². The van der Waals surface area contributed by atoms with E-state index in [1.165, 1.54) is 6.08 Å². The summed E-state index contributed by atoms with van der Waals surface area (Å²) in [6.45, 7) is 9.96. The minimum absolute atomic E-state index is 0.0197. The monoisotopic (exact) mass is 758 g/mol. The van der Waals surface area contributed by atoms with Crippen molar-refractivity contribution < 1.29 is 71.2 Å². The van der Waals surface area contributed by atoms with Crippen molar-refractivity contribution in [3.05, 3.63) is 23.3 Å². The zero-order valence-corrected chi connectivity index (χ0v) is 30.3. The first-order chi connectivity index (χ1) is 22.3. The first-order valence-electron chi connectivity index (χ1n) is 16.3. The highest BCUT2D eigenvalue weighted by Crippen LogP contribution is 2.72. The Kier molecular flexibility index (Phi) is 10.2. The van der Waals surface area contributed by atoms with E-state index in [9.17, 15) is 53.9 Å². The van der Waals surface area contributed by atoms with Crippen molar-refractivity contribution in [2.24, 2.45) is 45.8 Å². The van der Waals surface area contributed by atoms with Crippen molar-refractivity contribution in [2.75, 3.05) is 0 Å². The number of carbonyl (C=O) groups is 1. The number of allylic oxidation sites excluding steroid dienone is 2. The first kappa shape index (κ1) is 38.7. The molecule has 0 aromatic carbocycles. The summed E-state index contributed by atoms with van der Waals surface area (Å²) in [5, 5.41) is 21.2. The largest absolute Gasteiger partial charge is 0.429 e. The summed E-state index contributed by atoms with van der Waals surface area (Å²) in [7, 11) is -15.7. The lowest BCUT2D eigenvalue weighted by molar-refractivity contribution is -0.179. The minimum atomic E-state index is -5.32. The van der Waals surface area contributed by atoms with Gasteiger partial charge in [-0.1, -0.05) is 46.3 Å². The minimum Gasteiger partial charge on any atom is -0.429 e. The van der Waals surface area contributed by atoms with Crippen molar-refractivity contribution in [2.45, 2.75) is 110 Å². The molecule has 16 nitrogen and oxygen atoms in total. The molecule has 13 atom stereocenters. The maximum atomic E-state index is 12.2. The fraction of sp³-hybridized carbons (Fsp3) is 0.833. The molecule has 0 radical (unpaired) electrons. The van der Waals surface area contributed by atoms with Crippen LogP contribution >= 0.6 is 0 Å². The van der Waals surface area contributed by atoms with Gasteiger partial charge in [-0.2, -0.15) is 25.3 Å². The van der Waals surface area contributed by atoms with Crippen LogP contribution in [0.1, 0.15) is 79.6 Å². The Labute approximate surface area is 287 Å². The van der Waals surface area contributed by atoms with Gasteiger partial charge in [-0.15, -0.1) is 0 Å². The highest BCUT2D eigenvalue weighted by atomic mass is 32.3. The molecule has 3 fully saturated rings. The molecule has 49 heavy (non-hydrogen) atoms. The summed E-state index contributed by atoms with van der Waals surface area (Å²) in [5.74, 6) is -2.01. The lowest BCUT2D eigenvalue weighted by Crippen LogP contribution is -2.65. The number of cyclic esters (lactones) is 1. The summed E-state index contributed by atoms with van der Waals surface area (Å²) in [6, 6.07) is 0. The molecule has 5 rings (SSSR count). The van der Waals surface area contributed by atoms with Gasteiger partial charge in [-0.25, -0.2) is 17.3 Å². The average Bonchev–Trinajstić information content (AvgIpc) is 3.41. The molecule has 280 valence electrons. The fourth-order valence-corrected chi connectivity index (χ4v) is 11.9. The van der Waals surface area contributed by atoms with Crippen molar-refractivity contribution in [3.63, 3.8) is 0 Å². The Hall–Kier alpha value is -1.52. The average molecular weight is 759 g/mol. The van der Waals surface area contributed by atoms with Gasteiger partial charge in [-0.05, 0) is 90.9 Å². The van der Waals surface area contributed by atoms with E-state index in [0.29, 0.717) is 24.8 Å². The van der Waals surface area contributed by atoms with Crippen molar-refractivity contribution in [1.82, 2.24) is 0 Å². The summed E-state index contributed by atoms with van der Waals surface area (Å²) in [5.41, 5.74) is -0.981. The first-order valence-corrected chi connectivity index (χ1v) is 20.4. The van der Waals surface area contributed by atoms with E-state index in [1.54, 1.807) is 6.92 Å². The van der Waals surface area contributed by atoms with Gasteiger partial charge >= 0.3 is 37.2 Å². The highest BCUT2D eigenvalue weighted by molar-refractivity contribution is 7.81. The van der Waals surface area contributed by atoms with Crippen molar-refractivity contribution in [3.8, 4) is 0 Å². The number of esters is 1. The molecule has 0 amide bonds. The molecule has 0 saturated heterocycles. The zero-order valence-electron chi connectivity index (χ0n) is 27.8. The Morgan fingerprint density at radius 2 is 1.49 bits per heavy atom. The smallest absolute Gasteiger partial charge is 0.397 e. The normalized spacial score (nSPS) is 42.3. The van der Waals surface area contributed by atoms with Crippen LogP contribution in [0.4, 0.5) is 0 Å². The van der Waals surface area contributed by atoms with Crippen LogP contribution in [-0.4, -0.2) is 85.8 Å². The second kappa shape index (κ2) is 12.9. The fourth-order valence-electron chi connectivity index (χ4n) is 10.4. The third kappa shape index (κ3) is 7.27. The van der Waals surface area contributed by atoms with Gasteiger partial charge in [0.2, 0.25) is 6.29 Å². The van der Waals surface area contributed by atoms with Gasteiger partial charge in [0.1, 0.15) is 12.2 Å². The maximum Gasteiger partial charge on any atom is 0.397 e. The molecule has 0 bridgehead atoms. The van der Waals surface area contributed by atoms with E-state index in [1.807, 2.05) is 13.0 Å². The summed E-state index contributed by atoms with van der Waals surface area (Å²) in [6.07, 6.45) is -2.13. The van der Waals surface area contributed by atoms with Gasteiger partial charge in [-0.3, -0.25) is 13.7 Å². The number of hydrogen-bond donors (Lipinski definition) is 5. The highest BCUT2D eigenvalue weighted by Gasteiger charge is 2.68. The lowest BCUT2D eigenvalue weighted by atomic mass is 9.43. The molecule has 1 aliphatic heterocycles. The number of fused-ring (bicyclic) bond motifs is 5. The number of rotatable bonds is 11. The van der Waals surface area contributed by atoms with Gasteiger partial charge in [0.15, 0.2) is 0 Å². The Balaban J connectivity index is 1.50. The van der Waals surface area contributed by atoms with Crippen LogP contribution < -0.4 is 0 Å². The third-order valence-electron chi connectivity index (χ3n) is 12.7.